The Morgan fingerprint density at radius 1 is 1.69 bits per heavy atom. The number of fused-ring (bicyclic) bond motifs is 1. The lowest BCUT2D eigenvalue weighted by Crippen LogP contribution is -2.02. The van der Waals surface area contributed by atoms with Crippen LogP contribution in [0.1, 0.15) is 15.9 Å². The molecule has 0 fully saturated rings. The topological polar surface area (TPSA) is 48.4 Å². The van der Waals surface area contributed by atoms with Gasteiger partial charge < -0.3 is 9.47 Å². The Morgan fingerprint density at radius 3 is 3.31 bits per heavy atom. The van der Waals surface area contributed by atoms with Gasteiger partial charge in [-0.25, -0.2) is 9.78 Å². The van der Waals surface area contributed by atoms with Crippen LogP contribution in [0.25, 0.3) is 0 Å². The number of rotatable bonds is 1. The summed E-state index contributed by atoms with van der Waals surface area (Å²) < 4.78 is 9.78. The first kappa shape index (κ1) is 8.04. The fraction of sp³-hybridized carbons (Fsp3) is 0.333. The van der Waals surface area contributed by atoms with E-state index in [9.17, 15) is 4.79 Å². The van der Waals surface area contributed by atoms with Crippen LogP contribution in [0.2, 0.25) is 0 Å². The Morgan fingerprint density at radius 2 is 2.54 bits per heavy atom. The van der Waals surface area contributed by atoms with E-state index in [1.54, 1.807) is 6.07 Å². The maximum absolute atomic E-state index is 11.1. The molecule has 0 saturated carbocycles. The third-order valence-corrected chi connectivity index (χ3v) is 1.96. The number of ether oxygens (including phenoxy) is 2. The molecule has 2 rings (SSSR count). The first-order chi connectivity index (χ1) is 6.31. The Bertz CT molecular complexity index is 349. The molecule has 4 heteroatoms. The standard InChI is InChI=1S/C9H9NO3/c1-12-9(11)7-4-6-2-3-13-8(6)10-5-7/h4-5H,2-3H2,1H3. The summed E-state index contributed by atoms with van der Waals surface area (Å²) >= 11 is 0. The first-order valence-corrected chi connectivity index (χ1v) is 4.01. The fourth-order valence-electron chi connectivity index (χ4n) is 1.29. The zero-order chi connectivity index (χ0) is 9.26. The Kier molecular flexibility index (Phi) is 1.88. The molecule has 0 aliphatic carbocycles. The van der Waals surface area contributed by atoms with Crippen LogP contribution >= 0.6 is 0 Å². The quantitative estimate of drug-likeness (QED) is 0.598. The smallest absolute Gasteiger partial charge is 0.339 e. The van der Waals surface area contributed by atoms with Crippen molar-refractivity contribution in [1.29, 1.82) is 0 Å². The molecule has 1 aromatic heterocycles. The normalized spacial score (nSPS) is 13.3. The third-order valence-electron chi connectivity index (χ3n) is 1.96. The highest BCUT2D eigenvalue weighted by atomic mass is 16.5. The zero-order valence-corrected chi connectivity index (χ0v) is 7.24. The molecule has 0 aromatic carbocycles. The Hall–Kier alpha value is -1.58. The molecule has 1 aliphatic heterocycles. The number of methoxy groups -OCH3 is 1. The second-order valence-corrected chi connectivity index (χ2v) is 2.78. The first-order valence-electron chi connectivity index (χ1n) is 4.01. The lowest BCUT2D eigenvalue weighted by molar-refractivity contribution is 0.0600. The molecule has 0 N–H and O–H groups in total. The van der Waals surface area contributed by atoms with Crippen molar-refractivity contribution < 1.29 is 14.3 Å². The van der Waals surface area contributed by atoms with Crippen LogP contribution in [0, 0.1) is 0 Å². The molecule has 0 unspecified atom stereocenters. The SMILES string of the molecule is COC(=O)c1cnc2c(c1)CCO2. The van der Waals surface area contributed by atoms with Gasteiger partial charge in [-0.15, -0.1) is 0 Å². The van der Waals surface area contributed by atoms with Crippen molar-refractivity contribution in [2.45, 2.75) is 6.42 Å². The maximum atomic E-state index is 11.1. The summed E-state index contributed by atoms with van der Waals surface area (Å²) in [5.74, 6) is 0.273. The summed E-state index contributed by atoms with van der Waals surface area (Å²) in [7, 11) is 1.35. The van der Waals surface area contributed by atoms with Gasteiger partial charge in [-0.05, 0) is 6.07 Å². The molecule has 68 valence electrons. The van der Waals surface area contributed by atoms with Crippen LogP contribution in [-0.2, 0) is 11.2 Å². The number of carbonyl (C=O) groups is 1. The molecule has 0 spiro atoms. The average Bonchev–Trinajstić information content (AvgIpc) is 2.63. The number of nitrogens with zero attached hydrogens (tertiary/aromatic N) is 1. The molecule has 1 aliphatic rings. The van der Waals surface area contributed by atoms with Gasteiger partial charge in [-0.3, -0.25) is 0 Å². The zero-order valence-electron chi connectivity index (χ0n) is 7.24. The van der Waals surface area contributed by atoms with E-state index in [1.807, 2.05) is 0 Å². The summed E-state index contributed by atoms with van der Waals surface area (Å²) in [6, 6.07) is 1.77. The van der Waals surface area contributed by atoms with E-state index >= 15 is 0 Å². The Labute approximate surface area is 75.5 Å². The van der Waals surface area contributed by atoms with Gasteiger partial charge in [-0.2, -0.15) is 0 Å². The van der Waals surface area contributed by atoms with Crippen molar-refractivity contribution in [3.05, 3.63) is 23.4 Å². The summed E-state index contributed by atoms with van der Waals surface area (Å²) in [6.45, 7) is 0.646. The van der Waals surface area contributed by atoms with E-state index in [2.05, 4.69) is 9.72 Å². The number of carbonyl (C=O) groups excluding carboxylic acids is 1. The number of esters is 1. The van der Waals surface area contributed by atoms with Crippen molar-refractivity contribution in [2.24, 2.45) is 0 Å². The highest BCUT2D eigenvalue weighted by molar-refractivity contribution is 5.89. The lowest BCUT2D eigenvalue weighted by atomic mass is 10.2. The molecule has 0 bridgehead atoms. The highest BCUT2D eigenvalue weighted by Crippen LogP contribution is 2.22. The predicted molar refractivity (Wildman–Crippen MR) is 44.8 cm³/mol. The maximum Gasteiger partial charge on any atom is 0.339 e. The van der Waals surface area contributed by atoms with Gasteiger partial charge in [0.1, 0.15) is 0 Å². The minimum atomic E-state index is -0.359. The molecule has 0 atom stereocenters. The van der Waals surface area contributed by atoms with E-state index < -0.39 is 0 Å². The molecular weight excluding hydrogens is 170 g/mol. The van der Waals surface area contributed by atoms with Gasteiger partial charge in [0.25, 0.3) is 0 Å². The van der Waals surface area contributed by atoms with Gasteiger partial charge in [0.2, 0.25) is 5.88 Å². The number of aromatic nitrogens is 1. The van der Waals surface area contributed by atoms with Crippen molar-refractivity contribution in [3.8, 4) is 5.88 Å². The van der Waals surface area contributed by atoms with Crippen molar-refractivity contribution in [3.63, 3.8) is 0 Å². The van der Waals surface area contributed by atoms with E-state index in [4.69, 9.17) is 4.74 Å². The van der Waals surface area contributed by atoms with Gasteiger partial charge >= 0.3 is 5.97 Å². The van der Waals surface area contributed by atoms with Crippen LogP contribution in [0.5, 0.6) is 5.88 Å². The van der Waals surface area contributed by atoms with E-state index in [0.29, 0.717) is 18.1 Å². The highest BCUT2D eigenvalue weighted by Gasteiger charge is 2.16. The lowest BCUT2D eigenvalue weighted by Gasteiger charge is -2.00. The van der Waals surface area contributed by atoms with Gasteiger partial charge in [-0.1, -0.05) is 0 Å². The number of pyridine rings is 1. The summed E-state index contributed by atoms with van der Waals surface area (Å²) in [6.07, 6.45) is 2.28. The van der Waals surface area contributed by atoms with Crippen molar-refractivity contribution in [1.82, 2.24) is 4.98 Å². The van der Waals surface area contributed by atoms with Crippen LogP contribution in [0.15, 0.2) is 12.3 Å². The van der Waals surface area contributed by atoms with Crippen LogP contribution in [0.3, 0.4) is 0 Å². The molecule has 2 heterocycles. The second-order valence-electron chi connectivity index (χ2n) is 2.78. The third kappa shape index (κ3) is 1.35. The number of hydrogen-bond acceptors (Lipinski definition) is 4. The molecule has 0 amide bonds. The second kappa shape index (κ2) is 3.05. The fourth-order valence-corrected chi connectivity index (χ4v) is 1.29. The van der Waals surface area contributed by atoms with Crippen molar-refractivity contribution in [2.75, 3.05) is 13.7 Å². The van der Waals surface area contributed by atoms with E-state index in [0.717, 1.165) is 12.0 Å². The van der Waals surface area contributed by atoms with E-state index in [1.165, 1.54) is 13.3 Å². The van der Waals surface area contributed by atoms with Crippen LogP contribution < -0.4 is 4.74 Å². The van der Waals surface area contributed by atoms with Gasteiger partial charge in [0, 0.05) is 18.2 Å². The minimum Gasteiger partial charge on any atom is -0.477 e. The van der Waals surface area contributed by atoms with Crippen LogP contribution in [0.4, 0.5) is 0 Å². The number of hydrogen-bond donors (Lipinski definition) is 0. The minimum absolute atomic E-state index is 0.359. The predicted octanol–water partition coefficient (Wildman–Crippen LogP) is 0.803. The molecule has 1 aromatic rings. The monoisotopic (exact) mass is 179 g/mol. The summed E-state index contributed by atoms with van der Waals surface area (Å²) in [5, 5.41) is 0. The largest absolute Gasteiger partial charge is 0.477 e. The van der Waals surface area contributed by atoms with Gasteiger partial charge in [0.15, 0.2) is 0 Å². The molecule has 0 saturated heterocycles. The summed E-state index contributed by atoms with van der Waals surface area (Å²) in [5.41, 5.74) is 1.45. The molecule has 4 nitrogen and oxygen atoms in total. The van der Waals surface area contributed by atoms with E-state index in [-0.39, 0.29) is 5.97 Å². The molecule has 13 heavy (non-hydrogen) atoms. The average molecular weight is 179 g/mol. The molecule has 0 radical (unpaired) electrons. The molecular formula is C9H9NO3. The Balaban J connectivity index is 2.36. The summed E-state index contributed by atoms with van der Waals surface area (Å²) in [4.78, 5) is 15.1. The van der Waals surface area contributed by atoms with Gasteiger partial charge in [0.05, 0.1) is 19.3 Å². The van der Waals surface area contributed by atoms with Crippen molar-refractivity contribution >= 4 is 5.97 Å². The van der Waals surface area contributed by atoms with Crippen LogP contribution in [-0.4, -0.2) is 24.7 Å².